The molecule has 1 unspecified atom stereocenters. The molecule has 2 aliphatic carbocycles. The summed E-state index contributed by atoms with van der Waals surface area (Å²) < 4.78 is 31.8. The predicted octanol–water partition coefficient (Wildman–Crippen LogP) is 1.73. The molecule has 6 heteroatoms. The Morgan fingerprint density at radius 1 is 1.24 bits per heavy atom. The molecule has 4 nitrogen and oxygen atoms in total. The van der Waals surface area contributed by atoms with Crippen LogP contribution in [0.1, 0.15) is 25.7 Å². The summed E-state index contributed by atoms with van der Waals surface area (Å²) in [5, 5.41) is 3.28. The topological polar surface area (TPSA) is 64.4 Å². The van der Waals surface area contributed by atoms with Crippen LogP contribution >= 0.6 is 0 Å². The van der Waals surface area contributed by atoms with Gasteiger partial charge in [0.1, 0.15) is 29.5 Å². The van der Waals surface area contributed by atoms with E-state index in [4.69, 9.17) is 10.5 Å². The number of rotatable bonds is 7. The van der Waals surface area contributed by atoms with E-state index in [1.54, 1.807) is 0 Å². The minimum Gasteiger partial charge on any atom is -0.491 e. The molecule has 1 aromatic rings. The molecule has 0 radical (unpaired) electrons. The van der Waals surface area contributed by atoms with Gasteiger partial charge in [0.2, 0.25) is 5.91 Å². The number of halogens is 2. The molecule has 1 amide bonds. The van der Waals surface area contributed by atoms with Gasteiger partial charge in [0.25, 0.3) is 0 Å². The van der Waals surface area contributed by atoms with Crippen molar-refractivity contribution >= 4 is 5.91 Å². The highest BCUT2D eigenvalue weighted by Gasteiger charge is 2.52. The van der Waals surface area contributed by atoms with Crippen molar-refractivity contribution in [2.24, 2.45) is 11.7 Å². The van der Waals surface area contributed by atoms with Crippen molar-refractivity contribution in [3.63, 3.8) is 0 Å². The molecule has 21 heavy (non-hydrogen) atoms. The van der Waals surface area contributed by atoms with Gasteiger partial charge < -0.3 is 10.5 Å². The third-order valence-corrected chi connectivity index (χ3v) is 4.06. The first kappa shape index (κ1) is 14.3. The van der Waals surface area contributed by atoms with E-state index in [9.17, 15) is 13.6 Å². The summed E-state index contributed by atoms with van der Waals surface area (Å²) in [6, 6.07) is 3.25. The third-order valence-electron chi connectivity index (χ3n) is 4.06. The number of nitrogens with two attached hydrogens (primary N) is 1. The number of ether oxygens (including phenoxy) is 1. The van der Waals surface area contributed by atoms with E-state index in [0.29, 0.717) is 0 Å². The number of hydrogen-bond acceptors (Lipinski definition) is 3. The molecular formula is C15H18F2N2O2. The summed E-state index contributed by atoms with van der Waals surface area (Å²) >= 11 is 0. The Balaban J connectivity index is 1.75. The zero-order valence-corrected chi connectivity index (χ0v) is 11.6. The zero-order chi connectivity index (χ0) is 15.0. The van der Waals surface area contributed by atoms with Crippen LogP contribution in [0.4, 0.5) is 8.78 Å². The Hall–Kier alpha value is -1.69. The maximum atomic E-state index is 13.2. The lowest BCUT2D eigenvalue weighted by Gasteiger charge is -2.32. The molecule has 0 saturated heterocycles. The van der Waals surface area contributed by atoms with Crippen molar-refractivity contribution in [2.45, 2.75) is 37.3 Å². The van der Waals surface area contributed by atoms with E-state index < -0.39 is 23.1 Å². The summed E-state index contributed by atoms with van der Waals surface area (Å²) in [5.74, 6) is -1.69. The van der Waals surface area contributed by atoms with Crippen molar-refractivity contribution in [3.05, 3.63) is 29.8 Å². The summed E-state index contributed by atoms with van der Waals surface area (Å²) in [5.41, 5.74) is 4.64. The number of hydrogen-bond donors (Lipinski definition) is 2. The highest BCUT2D eigenvalue weighted by Crippen LogP contribution is 2.42. The SMILES string of the molecule is NC(=O)C(COc1cc(F)cc(F)c1)(NC1CC1)C1CC1. The highest BCUT2D eigenvalue weighted by atomic mass is 19.1. The van der Waals surface area contributed by atoms with Crippen LogP contribution in [-0.4, -0.2) is 24.1 Å². The molecule has 1 atom stereocenters. The van der Waals surface area contributed by atoms with Crippen LogP contribution in [-0.2, 0) is 4.79 Å². The summed E-state index contributed by atoms with van der Waals surface area (Å²) in [4.78, 5) is 12.0. The molecule has 0 aromatic heterocycles. The number of amides is 1. The fraction of sp³-hybridized carbons (Fsp3) is 0.533. The van der Waals surface area contributed by atoms with Gasteiger partial charge in [0, 0.05) is 24.2 Å². The lowest BCUT2D eigenvalue weighted by Crippen LogP contribution is -2.61. The Morgan fingerprint density at radius 2 is 1.86 bits per heavy atom. The van der Waals surface area contributed by atoms with Gasteiger partial charge in [-0.05, 0) is 31.6 Å². The molecule has 0 bridgehead atoms. The second-order valence-corrected chi connectivity index (χ2v) is 5.92. The monoisotopic (exact) mass is 296 g/mol. The number of carbonyl (C=O) groups is 1. The van der Waals surface area contributed by atoms with Crippen LogP contribution in [0, 0.1) is 17.6 Å². The van der Waals surface area contributed by atoms with Crippen LogP contribution in [0.25, 0.3) is 0 Å². The standard InChI is InChI=1S/C15H18F2N2O2/c16-10-5-11(17)7-13(6-10)21-8-15(14(18)20,9-1-2-9)19-12-3-4-12/h5-7,9,12,19H,1-4,8H2,(H2,18,20). The van der Waals surface area contributed by atoms with Crippen LogP contribution in [0.15, 0.2) is 18.2 Å². The number of benzene rings is 1. The minimum absolute atomic E-state index is 0.00755. The predicted molar refractivity (Wildman–Crippen MR) is 72.7 cm³/mol. The first-order valence-electron chi connectivity index (χ1n) is 7.16. The van der Waals surface area contributed by atoms with Crippen molar-refractivity contribution in [1.82, 2.24) is 5.32 Å². The van der Waals surface area contributed by atoms with Gasteiger partial charge >= 0.3 is 0 Å². The lowest BCUT2D eigenvalue weighted by atomic mass is 9.93. The Bertz CT molecular complexity index is 538. The van der Waals surface area contributed by atoms with Gasteiger partial charge in [0.05, 0.1) is 0 Å². The van der Waals surface area contributed by atoms with Gasteiger partial charge in [-0.15, -0.1) is 0 Å². The van der Waals surface area contributed by atoms with Gasteiger partial charge in [-0.3, -0.25) is 10.1 Å². The van der Waals surface area contributed by atoms with Crippen LogP contribution in [0.3, 0.4) is 0 Å². The van der Waals surface area contributed by atoms with Gasteiger partial charge in [0.15, 0.2) is 0 Å². The van der Waals surface area contributed by atoms with E-state index in [0.717, 1.165) is 43.9 Å². The van der Waals surface area contributed by atoms with E-state index >= 15 is 0 Å². The molecule has 114 valence electrons. The number of carbonyl (C=O) groups excluding carboxylic acids is 1. The molecule has 3 rings (SSSR count). The molecule has 2 fully saturated rings. The highest BCUT2D eigenvalue weighted by molar-refractivity contribution is 5.86. The van der Waals surface area contributed by atoms with Crippen LogP contribution in [0.2, 0.25) is 0 Å². The van der Waals surface area contributed by atoms with E-state index in [-0.39, 0.29) is 24.3 Å². The average molecular weight is 296 g/mol. The molecule has 3 N–H and O–H groups in total. The van der Waals surface area contributed by atoms with Crippen molar-refractivity contribution in [2.75, 3.05) is 6.61 Å². The largest absolute Gasteiger partial charge is 0.491 e. The minimum atomic E-state index is -0.941. The molecule has 0 spiro atoms. The van der Waals surface area contributed by atoms with Gasteiger partial charge in [-0.1, -0.05) is 0 Å². The van der Waals surface area contributed by atoms with Crippen LogP contribution < -0.4 is 15.8 Å². The fourth-order valence-corrected chi connectivity index (χ4v) is 2.60. The average Bonchev–Trinajstić information content (AvgIpc) is 3.24. The Kier molecular flexibility index (Phi) is 3.57. The van der Waals surface area contributed by atoms with Crippen molar-refractivity contribution < 1.29 is 18.3 Å². The van der Waals surface area contributed by atoms with E-state index in [2.05, 4.69) is 5.32 Å². The maximum Gasteiger partial charge on any atom is 0.241 e. The maximum absolute atomic E-state index is 13.2. The Labute approximate surface area is 121 Å². The molecule has 0 aliphatic heterocycles. The van der Waals surface area contributed by atoms with Crippen molar-refractivity contribution in [1.29, 1.82) is 0 Å². The Morgan fingerprint density at radius 3 is 2.33 bits per heavy atom. The molecular weight excluding hydrogens is 278 g/mol. The lowest BCUT2D eigenvalue weighted by molar-refractivity contribution is -0.126. The zero-order valence-electron chi connectivity index (χ0n) is 11.6. The third kappa shape index (κ3) is 3.15. The normalized spacial score (nSPS) is 20.9. The molecule has 2 aliphatic rings. The quantitative estimate of drug-likeness (QED) is 0.805. The molecule has 2 saturated carbocycles. The summed E-state index contributed by atoms with van der Waals surface area (Å²) in [6.45, 7) is -0.00755. The van der Waals surface area contributed by atoms with Crippen molar-refractivity contribution in [3.8, 4) is 5.75 Å². The fourth-order valence-electron chi connectivity index (χ4n) is 2.60. The second kappa shape index (κ2) is 5.26. The number of primary amides is 1. The van der Waals surface area contributed by atoms with E-state index in [1.165, 1.54) is 0 Å². The van der Waals surface area contributed by atoms with E-state index in [1.807, 2.05) is 0 Å². The van der Waals surface area contributed by atoms with Gasteiger partial charge in [-0.25, -0.2) is 8.78 Å². The first-order chi connectivity index (χ1) is 9.99. The smallest absolute Gasteiger partial charge is 0.241 e. The first-order valence-corrected chi connectivity index (χ1v) is 7.16. The van der Waals surface area contributed by atoms with Crippen LogP contribution in [0.5, 0.6) is 5.75 Å². The molecule has 0 heterocycles. The number of nitrogens with one attached hydrogen (secondary N) is 1. The molecule has 1 aromatic carbocycles. The second-order valence-electron chi connectivity index (χ2n) is 5.92. The summed E-state index contributed by atoms with van der Waals surface area (Å²) in [7, 11) is 0. The van der Waals surface area contributed by atoms with Gasteiger partial charge in [-0.2, -0.15) is 0 Å². The summed E-state index contributed by atoms with van der Waals surface area (Å²) in [6.07, 6.45) is 3.83.